The Balaban J connectivity index is 2.15. The van der Waals surface area contributed by atoms with Crippen LogP contribution in [0.1, 0.15) is 26.7 Å². The lowest BCUT2D eigenvalue weighted by molar-refractivity contribution is -0.186. The predicted molar refractivity (Wildman–Crippen MR) is 49.2 cm³/mol. The number of ether oxygens (including phenoxy) is 2. The number of hydrogen-bond acceptors (Lipinski definition) is 4. The number of rotatable bonds is 2. The summed E-state index contributed by atoms with van der Waals surface area (Å²) in [6, 6.07) is 0. The molecule has 1 unspecified atom stereocenters. The topological polar surface area (TPSA) is 72.8 Å². The first-order chi connectivity index (χ1) is 6.86. The molecule has 5 heteroatoms. The Labute approximate surface area is 87.4 Å². The molecule has 15 heavy (non-hydrogen) atoms. The van der Waals surface area contributed by atoms with Crippen molar-refractivity contribution >= 4 is 11.8 Å². The van der Waals surface area contributed by atoms with Gasteiger partial charge in [-0.25, -0.2) is 0 Å². The van der Waals surface area contributed by atoms with Crippen LogP contribution in [0.5, 0.6) is 0 Å². The van der Waals surface area contributed by atoms with Crippen molar-refractivity contribution in [1.82, 2.24) is 0 Å². The van der Waals surface area contributed by atoms with Crippen LogP contribution in [0.2, 0.25) is 0 Å². The van der Waals surface area contributed by atoms with E-state index in [9.17, 15) is 9.59 Å². The number of ketones is 1. The normalized spacial score (nSPS) is 32.4. The molecule has 1 heterocycles. The summed E-state index contributed by atoms with van der Waals surface area (Å²) in [6.07, 6.45) is -0.388. The minimum absolute atomic E-state index is 0.0225. The second kappa shape index (κ2) is 3.02. The van der Waals surface area contributed by atoms with Crippen LogP contribution in [-0.4, -0.2) is 35.4 Å². The molecule has 84 valence electrons. The van der Waals surface area contributed by atoms with Gasteiger partial charge in [0.25, 0.3) is 0 Å². The van der Waals surface area contributed by atoms with Gasteiger partial charge in [0.15, 0.2) is 5.79 Å². The van der Waals surface area contributed by atoms with Gasteiger partial charge in [0.1, 0.15) is 17.3 Å². The standard InChI is InChI=1S/C10H14O5/c1-9(2)14-5-7(15-9)10(8(12)13)3-6(11)4-10/h7H,3-5H2,1-2H3,(H,12,13). The van der Waals surface area contributed by atoms with E-state index in [1.54, 1.807) is 13.8 Å². The van der Waals surface area contributed by atoms with E-state index < -0.39 is 23.3 Å². The lowest BCUT2D eigenvalue weighted by atomic mass is 9.64. The summed E-state index contributed by atoms with van der Waals surface area (Å²) >= 11 is 0. The van der Waals surface area contributed by atoms with Gasteiger partial charge in [-0.1, -0.05) is 0 Å². The van der Waals surface area contributed by atoms with Crippen molar-refractivity contribution in [2.24, 2.45) is 5.41 Å². The van der Waals surface area contributed by atoms with Crippen molar-refractivity contribution in [1.29, 1.82) is 0 Å². The maximum Gasteiger partial charge on any atom is 0.313 e. The fourth-order valence-electron chi connectivity index (χ4n) is 2.13. The van der Waals surface area contributed by atoms with E-state index in [1.165, 1.54) is 0 Å². The van der Waals surface area contributed by atoms with Crippen molar-refractivity contribution in [3.8, 4) is 0 Å². The first-order valence-electron chi connectivity index (χ1n) is 4.93. The van der Waals surface area contributed by atoms with Gasteiger partial charge in [0.2, 0.25) is 0 Å². The van der Waals surface area contributed by atoms with E-state index in [1.807, 2.05) is 0 Å². The number of carbonyl (C=O) groups excluding carboxylic acids is 1. The number of hydrogen-bond donors (Lipinski definition) is 1. The Morgan fingerprint density at radius 2 is 2.07 bits per heavy atom. The first-order valence-corrected chi connectivity index (χ1v) is 4.93. The lowest BCUT2D eigenvalue weighted by Gasteiger charge is -2.40. The summed E-state index contributed by atoms with van der Waals surface area (Å²) in [5.74, 6) is -1.73. The van der Waals surface area contributed by atoms with Gasteiger partial charge >= 0.3 is 5.97 Å². The van der Waals surface area contributed by atoms with Crippen LogP contribution in [0, 0.1) is 5.41 Å². The van der Waals surface area contributed by atoms with E-state index in [-0.39, 0.29) is 25.2 Å². The molecule has 1 saturated heterocycles. The average Bonchev–Trinajstić information content (AvgIpc) is 2.39. The molecular weight excluding hydrogens is 200 g/mol. The number of carbonyl (C=O) groups is 2. The van der Waals surface area contributed by atoms with Crippen molar-refractivity contribution in [3.05, 3.63) is 0 Å². The molecule has 1 aliphatic carbocycles. The first kappa shape index (κ1) is 10.6. The Bertz CT molecular complexity index is 312. The summed E-state index contributed by atoms with van der Waals surface area (Å²) < 4.78 is 10.8. The molecule has 0 bridgehead atoms. The SMILES string of the molecule is CC1(C)OCC(C2(C(=O)O)CC(=O)C2)O1. The Morgan fingerprint density at radius 3 is 2.40 bits per heavy atom. The van der Waals surface area contributed by atoms with Crippen LogP contribution in [0.3, 0.4) is 0 Å². The molecule has 1 N–H and O–H groups in total. The number of carboxylic acids is 1. The molecule has 0 aromatic heterocycles. The highest BCUT2D eigenvalue weighted by Gasteiger charge is 2.59. The smallest absolute Gasteiger partial charge is 0.313 e. The molecule has 0 aromatic rings. The minimum atomic E-state index is -1.05. The van der Waals surface area contributed by atoms with E-state index in [0.29, 0.717) is 0 Å². The quantitative estimate of drug-likeness (QED) is 0.727. The zero-order valence-corrected chi connectivity index (χ0v) is 8.78. The minimum Gasteiger partial charge on any atom is -0.481 e. The zero-order chi connectivity index (χ0) is 11.3. The van der Waals surface area contributed by atoms with Gasteiger partial charge in [-0.05, 0) is 13.8 Å². The fourth-order valence-corrected chi connectivity index (χ4v) is 2.13. The number of aliphatic carboxylic acids is 1. The summed E-state index contributed by atoms with van der Waals surface area (Å²) in [4.78, 5) is 22.1. The Kier molecular flexibility index (Phi) is 2.13. The van der Waals surface area contributed by atoms with Gasteiger partial charge in [-0.2, -0.15) is 0 Å². The van der Waals surface area contributed by atoms with Gasteiger partial charge < -0.3 is 14.6 Å². The van der Waals surface area contributed by atoms with Crippen molar-refractivity contribution in [3.63, 3.8) is 0 Å². The maximum absolute atomic E-state index is 11.2. The van der Waals surface area contributed by atoms with Crippen LogP contribution in [0.4, 0.5) is 0 Å². The highest BCUT2D eigenvalue weighted by atomic mass is 16.7. The molecule has 1 aliphatic heterocycles. The molecule has 2 aliphatic rings. The molecule has 5 nitrogen and oxygen atoms in total. The third kappa shape index (κ3) is 1.55. The van der Waals surface area contributed by atoms with E-state index >= 15 is 0 Å². The predicted octanol–water partition coefficient (Wildman–Crippen LogP) is 0.572. The lowest BCUT2D eigenvalue weighted by Crippen LogP contribution is -2.54. The second-order valence-electron chi connectivity index (χ2n) is 4.67. The van der Waals surface area contributed by atoms with Crippen molar-refractivity contribution < 1.29 is 24.2 Å². The van der Waals surface area contributed by atoms with Gasteiger partial charge in [0, 0.05) is 12.8 Å². The summed E-state index contributed by atoms with van der Waals surface area (Å²) in [5, 5.41) is 9.14. The molecule has 0 spiro atoms. The van der Waals surface area contributed by atoms with Gasteiger partial charge in [0.05, 0.1) is 6.61 Å². The number of Topliss-reactive ketones (excluding diaryl/α,β-unsaturated/α-hetero) is 1. The van der Waals surface area contributed by atoms with Gasteiger partial charge in [-0.15, -0.1) is 0 Å². The molecule has 0 amide bonds. The van der Waals surface area contributed by atoms with Gasteiger partial charge in [-0.3, -0.25) is 9.59 Å². The van der Waals surface area contributed by atoms with E-state index in [4.69, 9.17) is 14.6 Å². The van der Waals surface area contributed by atoms with Crippen LogP contribution in [0.25, 0.3) is 0 Å². The Hall–Kier alpha value is -0.940. The van der Waals surface area contributed by atoms with E-state index in [2.05, 4.69) is 0 Å². The largest absolute Gasteiger partial charge is 0.481 e. The maximum atomic E-state index is 11.2. The third-order valence-corrected chi connectivity index (χ3v) is 3.08. The molecule has 0 radical (unpaired) electrons. The van der Waals surface area contributed by atoms with Crippen molar-refractivity contribution in [2.45, 2.75) is 38.6 Å². The molecule has 1 saturated carbocycles. The van der Waals surface area contributed by atoms with Crippen LogP contribution >= 0.6 is 0 Å². The zero-order valence-electron chi connectivity index (χ0n) is 8.78. The average molecular weight is 214 g/mol. The van der Waals surface area contributed by atoms with Crippen LogP contribution in [0.15, 0.2) is 0 Å². The van der Waals surface area contributed by atoms with Crippen molar-refractivity contribution in [2.75, 3.05) is 6.61 Å². The molecule has 1 atom stereocenters. The summed E-state index contributed by atoms with van der Waals surface area (Å²) in [7, 11) is 0. The Morgan fingerprint density at radius 1 is 1.47 bits per heavy atom. The second-order valence-corrected chi connectivity index (χ2v) is 4.67. The van der Waals surface area contributed by atoms with E-state index in [0.717, 1.165) is 0 Å². The molecule has 2 fully saturated rings. The highest BCUT2D eigenvalue weighted by Crippen LogP contribution is 2.46. The molecule has 2 rings (SSSR count). The number of carboxylic acid groups (broad SMARTS) is 1. The summed E-state index contributed by atoms with van der Waals surface area (Å²) in [6.45, 7) is 3.72. The molecule has 0 aromatic carbocycles. The summed E-state index contributed by atoms with van der Waals surface area (Å²) in [5.41, 5.74) is -1.05. The highest BCUT2D eigenvalue weighted by molar-refractivity contribution is 5.97. The van der Waals surface area contributed by atoms with Crippen LogP contribution in [-0.2, 0) is 19.1 Å². The third-order valence-electron chi connectivity index (χ3n) is 3.08. The monoisotopic (exact) mass is 214 g/mol. The van der Waals surface area contributed by atoms with Crippen LogP contribution < -0.4 is 0 Å². The molecular formula is C10H14O5. The fraction of sp³-hybridized carbons (Fsp3) is 0.800.